The minimum absolute atomic E-state index is 0. The van der Waals surface area contributed by atoms with E-state index in [0.29, 0.717) is 157 Å². The number of alkyl halides is 1. The Labute approximate surface area is 873 Å². The van der Waals surface area contributed by atoms with Gasteiger partial charge in [-0.05, 0) is 237 Å². The number of anilines is 8. The van der Waals surface area contributed by atoms with Crippen LogP contribution in [-0.4, -0.2) is 158 Å². The van der Waals surface area contributed by atoms with E-state index < -0.39 is 23.9 Å². The van der Waals surface area contributed by atoms with Crippen molar-refractivity contribution >= 4 is 382 Å². The van der Waals surface area contributed by atoms with Crippen LogP contribution in [0.15, 0.2) is 170 Å². The number of nitrogens with two attached hydrogens (primary N) is 1. The SMILES string of the molecule is C.CCOC(=O)CI.CCOC(=O)Cn1c2cc(Br)c(Cl)cc2c(=O)c2ccc(Cl)c(N(C)C)c21.CN(C)c1c(Cl)ccc2c(=O)c3cc(Cl)c(Br)cc3[nH]c12.CN(C)c1c(Cl)ccc2c(=O)c3cc(Cl)c(Br)cc3n(CC(=O)O)c12.CN(C)c1c(Cl)cccc1I.CN(C)c1c(Cl)cccc1Nc1cc(Br)c(Cl)cc1C(=O)O.Nc1cc(Br)c(Cl)cc1C(=O)O.O.[Li+].[OH-]. The molecule has 0 atom stereocenters. The zero-order valence-electron chi connectivity index (χ0n) is 69.7. The van der Waals surface area contributed by atoms with E-state index in [2.05, 4.69) is 117 Å². The maximum atomic E-state index is 13.1. The van der Waals surface area contributed by atoms with Crippen molar-refractivity contribution in [3.8, 4) is 0 Å². The maximum absolute atomic E-state index is 13.1. The number of aromatic nitrogens is 3. The summed E-state index contributed by atoms with van der Waals surface area (Å²) in [5.41, 5.74) is 13.8. The number of nitrogen functional groups attached to an aromatic ring is 1. The van der Waals surface area contributed by atoms with Crippen molar-refractivity contribution in [2.75, 3.05) is 124 Å². The topological polar surface area (TPSA) is 357 Å². The molecule has 0 saturated carbocycles. The molecule has 0 saturated heterocycles. The number of nitrogens with one attached hydrogen (secondary N) is 2. The molecular weight excluding hydrogens is 2430 g/mol. The fraction of sp³-hybridized carbons (Fsp3) is 0.209. The van der Waals surface area contributed by atoms with Crippen LogP contribution in [-0.2, 0) is 36.9 Å². The molecule has 686 valence electrons. The van der Waals surface area contributed by atoms with Crippen molar-refractivity contribution in [2.24, 2.45) is 0 Å². The first-order valence-electron chi connectivity index (χ1n) is 36.2. The number of aliphatic carboxylic acids is 1. The molecule has 0 spiro atoms. The van der Waals surface area contributed by atoms with Gasteiger partial charge in [0, 0.05) is 134 Å². The summed E-state index contributed by atoms with van der Waals surface area (Å²) in [5, 5.41) is 38.1. The molecule has 0 aliphatic rings. The molecule has 10 aromatic carbocycles. The predicted octanol–water partition coefficient (Wildman–Crippen LogP) is 22.3. The number of rotatable bonds is 16. The Morgan fingerprint density at radius 3 is 1.22 bits per heavy atom. The minimum atomic E-state index is -1.08. The van der Waals surface area contributed by atoms with Gasteiger partial charge in [0.1, 0.15) is 13.1 Å². The van der Waals surface area contributed by atoms with Crippen molar-refractivity contribution in [1.82, 2.24) is 14.1 Å². The number of carbonyl (C=O) groups is 5. The van der Waals surface area contributed by atoms with E-state index in [-0.39, 0.29) is 96.0 Å². The summed E-state index contributed by atoms with van der Waals surface area (Å²) < 4.78 is 17.8. The molecule has 0 bridgehead atoms. The average Bonchev–Trinajstić information content (AvgIpc) is 0.706. The molecule has 10 N–H and O–H groups in total. The third kappa shape index (κ3) is 29.2. The molecule has 3 aromatic heterocycles. The smallest absolute Gasteiger partial charge is 0.870 e. The summed E-state index contributed by atoms with van der Waals surface area (Å²) in [6.45, 7) is 3.93. The number of nitrogens with zero attached hydrogens (tertiary/aromatic N) is 7. The summed E-state index contributed by atoms with van der Waals surface area (Å²) >= 11 is 82.1. The van der Waals surface area contributed by atoms with Gasteiger partial charge in [-0.1, -0.05) is 158 Å². The number of carboxylic acids is 3. The normalized spacial score (nSPS) is 10.3. The number of aromatic amines is 1. The van der Waals surface area contributed by atoms with Gasteiger partial charge in [-0.25, -0.2) is 9.59 Å². The Bertz CT molecular complexity index is 6550. The van der Waals surface area contributed by atoms with Crippen molar-refractivity contribution in [3.05, 3.63) is 251 Å². The largest absolute Gasteiger partial charge is 1.00 e. The van der Waals surface area contributed by atoms with Gasteiger partial charge in [0.05, 0.1) is 152 Å². The molecule has 0 aliphatic heterocycles. The van der Waals surface area contributed by atoms with Crippen LogP contribution in [0.25, 0.3) is 65.4 Å². The minimum Gasteiger partial charge on any atom is -0.870 e. The van der Waals surface area contributed by atoms with Crippen molar-refractivity contribution in [3.63, 3.8) is 0 Å². The first-order valence-corrected chi connectivity index (χ1v) is 46.6. The van der Waals surface area contributed by atoms with Gasteiger partial charge < -0.3 is 85.4 Å². The predicted molar refractivity (Wildman–Crippen MR) is 566 cm³/mol. The third-order valence-electron chi connectivity index (χ3n) is 17.7. The molecule has 0 fully saturated rings. The van der Waals surface area contributed by atoms with Crippen LogP contribution in [0.5, 0.6) is 0 Å². The van der Waals surface area contributed by atoms with Crippen molar-refractivity contribution < 1.29 is 78.6 Å². The number of hydrogen-bond donors (Lipinski definition) is 6. The number of ether oxygens (including phenoxy) is 2. The number of hydrogen-bond acceptors (Lipinski definition) is 18. The molecular formula is C86H82Br5Cl10I2LiN10O15. The van der Waals surface area contributed by atoms with Crippen LogP contribution in [0.1, 0.15) is 42.0 Å². The average molecular weight is 2510 g/mol. The van der Waals surface area contributed by atoms with E-state index in [4.69, 9.17) is 132 Å². The van der Waals surface area contributed by atoms with Gasteiger partial charge in [0.25, 0.3) is 0 Å². The summed E-state index contributed by atoms with van der Waals surface area (Å²) in [7, 11) is 18.7. The number of halogens is 17. The molecule has 25 nitrogen and oxygen atoms in total. The molecule has 0 unspecified atom stereocenters. The fourth-order valence-corrected chi connectivity index (χ4v) is 18.0. The van der Waals surface area contributed by atoms with Crippen LogP contribution < -0.4 is 70.7 Å². The number of carbonyl (C=O) groups excluding carboxylic acids is 2. The van der Waals surface area contributed by atoms with Crippen LogP contribution >= 0.6 is 241 Å². The Balaban J connectivity index is 0.000000399. The first kappa shape index (κ1) is 117. The van der Waals surface area contributed by atoms with Gasteiger partial charge in [-0.3, -0.25) is 28.8 Å². The molecule has 129 heavy (non-hydrogen) atoms. The quantitative estimate of drug-likeness (QED) is 0.0131. The molecule has 13 rings (SSSR count). The van der Waals surface area contributed by atoms with E-state index in [0.717, 1.165) is 32.1 Å². The second kappa shape index (κ2) is 52.6. The monoisotopic (exact) mass is 2500 g/mol. The van der Waals surface area contributed by atoms with Gasteiger partial charge in [0.2, 0.25) is 0 Å². The van der Waals surface area contributed by atoms with Gasteiger partial charge >= 0.3 is 48.7 Å². The van der Waals surface area contributed by atoms with Crippen LogP contribution in [0.4, 0.5) is 45.5 Å². The van der Waals surface area contributed by atoms with Crippen LogP contribution in [0.2, 0.25) is 50.2 Å². The number of esters is 2. The Morgan fingerprint density at radius 1 is 0.442 bits per heavy atom. The van der Waals surface area contributed by atoms with Gasteiger partial charge in [-0.2, -0.15) is 0 Å². The van der Waals surface area contributed by atoms with Crippen LogP contribution in [0.3, 0.4) is 0 Å². The van der Waals surface area contributed by atoms with Gasteiger partial charge in [-0.15, -0.1) is 0 Å². The molecule has 0 radical (unpaired) electrons. The number of para-hydroxylation sites is 2. The third-order valence-corrected chi connectivity index (χ3v) is 26.7. The molecule has 0 amide bonds. The molecule has 43 heteroatoms. The second-order valence-corrected chi connectivity index (χ2v) is 37.6. The van der Waals surface area contributed by atoms with Crippen molar-refractivity contribution in [2.45, 2.75) is 34.4 Å². The van der Waals surface area contributed by atoms with E-state index in [9.17, 15) is 48.6 Å². The van der Waals surface area contributed by atoms with E-state index >= 15 is 0 Å². The first-order chi connectivity index (χ1) is 58.6. The van der Waals surface area contributed by atoms with Crippen LogP contribution in [0, 0.1) is 3.57 Å². The Kier molecular flexibility index (Phi) is 47.7. The molecule has 3 heterocycles. The number of aromatic carboxylic acids is 2. The Morgan fingerprint density at radius 2 is 0.806 bits per heavy atom. The number of fused-ring (bicyclic) bond motifs is 6. The van der Waals surface area contributed by atoms with E-state index in [1.54, 1.807) is 133 Å². The number of carboxylic acid groups (broad SMARTS) is 3. The summed E-state index contributed by atoms with van der Waals surface area (Å²) in [6, 6.07) is 37.2. The van der Waals surface area contributed by atoms with E-state index in [1.165, 1.54) is 21.8 Å². The molecule has 0 aliphatic carbocycles. The number of pyridine rings is 3. The van der Waals surface area contributed by atoms with E-state index in [1.807, 2.05) is 123 Å². The standard InChI is InChI=1S/C19H17BrCl2N2O3.C17H13BrCl2N2O3.C15H13BrCl2N2O2.C15H11BrCl2N2O.C8H9ClIN.C7H5BrClNO2.C4H7IO2.CH4.Li.2H2O/c1-4-27-16(25)9-24-15-8-12(20)14(22)7-11(15)19(26)10-5-6-13(21)18(17(10)24)23(2)3;1-21(2)16-11(19)4-3-8-15(16)22(7-14(23)24)13-6-10(18)12(20)5-9(13)17(8)25;1-20(2)14-10(17)4-3-5-12(14)19-13-7-9(16)11(18)6-8(13)15(21)22;1-20(2)14-10(17)4-3-7-13(14)19-12-6-9(16)11(18)5-8(12)15(7)21;1-11(2)8-6(9)4-3-5-7(8)10;8-4-2-6(10)3(7(11)12)1-5(4)9;1-2-7-4(6)3-5;;;;/h5-8H,4,9H2,1-3H3;3-6H,7H2,1-2H3,(H,23,24);3-7,19H,1-2H3,(H,21,22);3-6H,1-2H3,(H,19,21);3-5H,1-2H3;1-2H,10H2,(H,11,12);2-3H2,1H3;1H4;;2*1H2/q;;;;;;;;+1;;/p-1. The maximum Gasteiger partial charge on any atom is 1.00 e. The second-order valence-electron chi connectivity index (χ2n) is 27.3. The number of benzene rings is 10. The summed E-state index contributed by atoms with van der Waals surface area (Å²) in [5.74, 6) is -3.71. The zero-order chi connectivity index (χ0) is 93.5. The fourth-order valence-electron chi connectivity index (χ4n) is 12.4. The molecule has 13 aromatic rings. The Hall–Kier alpha value is -6.16. The number of H-pyrrole nitrogens is 1. The summed E-state index contributed by atoms with van der Waals surface area (Å²) in [6.07, 6.45) is 0. The zero-order valence-corrected chi connectivity index (χ0v) is 89.5. The van der Waals surface area contributed by atoms with Crippen molar-refractivity contribution in [1.29, 1.82) is 0 Å². The van der Waals surface area contributed by atoms with Gasteiger partial charge in [0.15, 0.2) is 16.3 Å². The summed E-state index contributed by atoms with van der Waals surface area (Å²) in [4.78, 5) is 107.